The van der Waals surface area contributed by atoms with E-state index in [0.29, 0.717) is 6.61 Å². The number of methoxy groups -OCH3 is 2. The van der Waals surface area contributed by atoms with Gasteiger partial charge in [-0.15, -0.1) is 0 Å². The van der Waals surface area contributed by atoms with Crippen molar-refractivity contribution in [1.82, 2.24) is 4.90 Å². The van der Waals surface area contributed by atoms with Gasteiger partial charge in [-0.05, 0) is 63.5 Å². The molecule has 6 heteroatoms. The molecule has 2 heterocycles. The van der Waals surface area contributed by atoms with E-state index in [2.05, 4.69) is 0 Å². The number of carbonyl (C=O) groups is 1. The zero-order valence-electron chi connectivity index (χ0n) is 20.0. The number of rotatable bonds is 7. The summed E-state index contributed by atoms with van der Waals surface area (Å²) < 4.78 is 23.1. The third-order valence-electron chi connectivity index (χ3n) is 6.21. The van der Waals surface area contributed by atoms with E-state index in [9.17, 15) is 4.79 Å². The lowest BCUT2D eigenvalue weighted by molar-refractivity contribution is -0.124. The van der Waals surface area contributed by atoms with E-state index in [1.165, 1.54) is 0 Å². The molecule has 174 valence electrons. The molecule has 33 heavy (non-hydrogen) atoms. The molecule has 0 bridgehead atoms. The molecular formula is C27H31NO5. The molecular weight excluding hydrogens is 418 g/mol. The monoisotopic (exact) mass is 449 g/mol. The summed E-state index contributed by atoms with van der Waals surface area (Å²) in [7, 11) is 3.29. The third-order valence-corrected chi connectivity index (χ3v) is 6.21. The van der Waals surface area contributed by atoms with Gasteiger partial charge in [0.1, 0.15) is 22.8 Å². The lowest BCUT2D eigenvalue weighted by atomic mass is 9.96. The van der Waals surface area contributed by atoms with Gasteiger partial charge >= 0.3 is 0 Å². The van der Waals surface area contributed by atoms with E-state index in [0.717, 1.165) is 82.0 Å². The molecule has 0 spiro atoms. The van der Waals surface area contributed by atoms with Gasteiger partial charge in [0.2, 0.25) is 5.91 Å². The van der Waals surface area contributed by atoms with Crippen LogP contribution in [0.4, 0.5) is 0 Å². The Balaban J connectivity index is 1.89. The predicted octanol–water partition coefficient (Wildman–Crippen LogP) is 5.85. The largest absolute Gasteiger partial charge is 0.497 e. The minimum absolute atomic E-state index is 0.0482. The zero-order chi connectivity index (χ0) is 23.5. The number of hydrogen-bond donors (Lipinski definition) is 0. The van der Waals surface area contributed by atoms with Crippen LogP contribution in [0.1, 0.15) is 37.8 Å². The third kappa shape index (κ3) is 4.30. The number of ether oxygens (including phenoxy) is 3. The van der Waals surface area contributed by atoms with Crippen molar-refractivity contribution in [3.05, 3.63) is 47.7 Å². The van der Waals surface area contributed by atoms with E-state index in [1.54, 1.807) is 26.6 Å². The standard InChI is InChI=1S/C27H31NO5/c1-6-32-26-18(3)27-22(15-20(26)17(2)13-25(29)28-11-7-8-12-28)23(16-33-27)21-14-19(30-4)9-10-24(21)31-5/h9-10,13-16H,6-8,11-12H2,1-5H3/b17-13+. The van der Waals surface area contributed by atoms with Gasteiger partial charge in [0, 0.05) is 46.8 Å². The average Bonchev–Trinajstić information content (AvgIpc) is 3.50. The molecule has 0 aliphatic carbocycles. The first kappa shape index (κ1) is 22.8. The number of aryl methyl sites for hydroxylation is 1. The molecule has 3 aromatic rings. The molecule has 1 aliphatic heterocycles. The number of hydrogen-bond acceptors (Lipinski definition) is 5. The number of allylic oxidation sites excluding steroid dienone is 1. The Hall–Kier alpha value is -3.41. The second-order valence-electron chi connectivity index (χ2n) is 8.26. The van der Waals surface area contributed by atoms with E-state index >= 15 is 0 Å². The normalized spacial score (nSPS) is 14.1. The summed E-state index contributed by atoms with van der Waals surface area (Å²) in [5.74, 6) is 2.25. The zero-order valence-corrected chi connectivity index (χ0v) is 20.0. The Bertz CT molecular complexity index is 1200. The predicted molar refractivity (Wildman–Crippen MR) is 130 cm³/mol. The number of furan rings is 1. The van der Waals surface area contributed by atoms with Crippen LogP contribution < -0.4 is 14.2 Å². The molecule has 2 aromatic carbocycles. The molecule has 0 radical (unpaired) electrons. The Kier molecular flexibility index (Phi) is 6.63. The summed E-state index contributed by atoms with van der Waals surface area (Å²) in [6.45, 7) is 8.06. The summed E-state index contributed by atoms with van der Waals surface area (Å²) in [4.78, 5) is 14.7. The van der Waals surface area contributed by atoms with Crippen molar-refractivity contribution in [2.24, 2.45) is 0 Å². The van der Waals surface area contributed by atoms with Crippen LogP contribution in [-0.2, 0) is 4.79 Å². The molecule has 1 amide bonds. The van der Waals surface area contributed by atoms with Crippen molar-refractivity contribution >= 4 is 22.4 Å². The summed E-state index contributed by atoms with van der Waals surface area (Å²) in [6, 6.07) is 7.74. The van der Waals surface area contributed by atoms with Crippen LogP contribution >= 0.6 is 0 Å². The van der Waals surface area contributed by atoms with Crippen LogP contribution in [0.15, 0.2) is 41.0 Å². The fourth-order valence-corrected chi connectivity index (χ4v) is 4.46. The van der Waals surface area contributed by atoms with E-state index in [-0.39, 0.29) is 5.91 Å². The van der Waals surface area contributed by atoms with Crippen molar-refractivity contribution in [2.75, 3.05) is 33.9 Å². The summed E-state index contributed by atoms with van der Waals surface area (Å²) in [5, 5.41) is 0.930. The quantitative estimate of drug-likeness (QED) is 0.424. The summed E-state index contributed by atoms with van der Waals surface area (Å²) >= 11 is 0. The molecule has 0 saturated carbocycles. The molecule has 0 atom stereocenters. The van der Waals surface area contributed by atoms with Gasteiger partial charge < -0.3 is 23.5 Å². The SMILES string of the molecule is CCOc1c(/C(C)=C/C(=O)N2CCCC2)cc2c(-c3cc(OC)ccc3OC)coc2c1C. The van der Waals surface area contributed by atoms with Gasteiger partial charge in [-0.3, -0.25) is 4.79 Å². The average molecular weight is 450 g/mol. The molecule has 4 rings (SSSR count). The molecule has 0 unspecified atom stereocenters. The Morgan fingerprint density at radius 1 is 1.12 bits per heavy atom. The number of likely N-dealkylation sites (tertiary alicyclic amines) is 1. The van der Waals surface area contributed by atoms with Crippen LogP contribution in [0.5, 0.6) is 17.2 Å². The minimum atomic E-state index is 0.0482. The molecule has 1 aliphatic rings. The number of amides is 1. The highest BCUT2D eigenvalue weighted by molar-refractivity contribution is 6.02. The van der Waals surface area contributed by atoms with Gasteiger partial charge in [0.25, 0.3) is 0 Å². The van der Waals surface area contributed by atoms with Crippen molar-refractivity contribution in [3.63, 3.8) is 0 Å². The van der Waals surface area contributed by atoms with E-state index < -0.39 is 0 Å². The van der Waals surface area contributed by atoms with Crippen molar-refractivity contribution in [1.29, 1.82) is 0 Å². The minimum Gasteiger partial charge on any atom is -0.497 e. The molecule has 1 fully saturated rings. The maximum atomic E-state index is 12.8. The number of carbonyl (C=O) groups excluding carboxylic acids is 1. The van der Waals surface area contributed by atoms with Crippen LogP contribution in [0, 0.1) is 6.92 Å². The lowest BCUT2D eigenvalue weighted by Crippen LogP contribution is -2.25. The van der Waals surface area contributed by atoms with Crippen LogP contribution in [0.25, 0.3) is 27.7 Å². The summed E-state index contributed by atoms with van der Waals surface area (Å²) in [5.41, 5.74) is 5.18. The second kappa shape index (κ2) is 9.61. The van der Waals surface area contributed by atoms with Crippen molar-refractivity contribution in [2.45, 2.75) is 33.6 Å². The Morgan fingerprint density at radius 3 is 2.55 bits per heavy atom. The van der Waals surface area contributed by atoms with Crippen LogP contribution in [0.2, 0.25) is 0 Å². The highest BCUT2D eigenvalue weighted by Crippen LogP contribution is 2.43. The number of nitrogens with zero attached hydrogens (tertiary/aromatic N) is 1. The highest BCUT2D eigenvalue weighted by Gasteiger charge is 2.22. The van der Waals surface area contributed by atoms with E-state index in [4.69, 9.17) is 18.6 Å². The Morgan fingerprint density at radius 2 is 1.88 bits per heavy atom. The number of benzene rings is 2. The maximum absolute atomic E-state index is 12.8. The van der Waals surface area contributed by atoms with Gasteiger partial charge in [-0.2, -0.15) is 0 Å². The number of fused-ring (bicyclic) bond motifs is 1. The van der Waals surface area contributed by atoms with Gasteiger partial charge in [-0.25, -0.2) is 0 Å². The fourth-order valence-electron chi connectivity index (χ4n) is 4.46. The first-order valence-electron chi connectivity index (χ1n) is 11.4. The van der Waals surface area contributed by atoms with Gasteiger partial charge in [0.05, 0.1) is 27.1 Å². The van der Waals surface area contributed by atoms with Gasteiger partial charge in [0.15, 0.2) is 0 Å². The van der Waals surface area contributed by atoms with Crippen LogP contribution in [-0.4, -0.2) is 44.7 Å². The van der Waals surface area contributed by atoms with Gasteiger partial charge in [-0.1, -0.05) is 0 Å². The van der Waals surface area contributed by atoms with E-state index in [1.807, 2.05) is 49.9 Å². The maximum Gasteiger partial charge on any atom is 0.246 e. The second-order valence-corrected chi connectivity index (χ2v) is 8.26. The van der Waals surface area contributed by atoms with Crippen LogP contribution in [0.3, 0.4) is 0 Å². The first-order chi connectivity index (χ1) is 16.0. The molecule has 1 saturated heterocycles. The lowest BCUT2D eigenvalue weighted by Gasteiger charge is -2.17. The fraction of sp³-hybridized carbons (Fsp3) is 0.370. The van der Waals surface area contributed by atoms with Crippen molar-refractivity contribution in [3.8, 4) is 28.4 Å². The van der Waals surface area contributed by atoms with Crippen molar-refractivity contribution < 1.29 is 23.4 Å². The molecule has 0 N–H and O–H groups in total. The molecule has 6 nitrogen and oxygen atoms in total. The Labute approximate surface area is 194 Å². The smallest absolute Gasteiger partial charge is 0.246 e. The molecule has 1 aromatic heterocycles. The highest BCUT2D eigenvalue weighted by atomic mass is 16.5. The topological polar surface area (TPSA) is 61.1 Å². The summed E-state index contributed by atoms with van der Waals surface area (Å²) in [6.07, 6.45) is 5.59. The first-order valence-corrected chi connectivity index (χ1v) is 11.4.